The van der Waals surface area contributed by atoms with Crippen molar-refractivity contribution < 1.29 is 14.3 Å². The number of likely N-dealkylation sites (tertiary alicyclic amines) is 1. The Morgan fingerprint density at radius 1 is 1.32 bits per heavy atom. The molecule has 19 heavy (non-hydrogen) atoms. The van der Waals surface area contributed by atoms with Gasteiger partial charge >= 0.3 is 0 Å². The van der Waals surface area contributed by atoms with Crippen LogP contribution >= 0.6 is 0 Å². The third-order valence-corrected chi connectivity index (χ3v) is 3.53. The molecule has 0 radical (unpaired) electrons. The molecular weight excluding hydrogens is 242 g/mol. The van der Waals surface area contributed by atoms with Crippen LogP contribution in [-0.2, 0) is 0 Å². The summed E-state index contributed by atoms with van der Waals surface area (Å²) < 4.78 is 11.4. The van der Waals surface area contributed by atoms with E-state index in [4.69, 9.17) is 9.47 Å². The van der Waals surface area contributed by atoms with Crippen molar-refractivity contribution in [2.24, 2.45) is 0 Å². The molecule has 0 aromatic heterocycles. The quantitative estimate of drug-likeness (QED) is 0.782. The number of carbonyl (C=O) groups excluding carboxylic acids is 1. The van der Waals surface area contributed by atoms with E-state index in [0.29, 0.717) is 17.1 Å². The molecule has 1 aromatic rings. The van der Waals surface area contributed by atoms with Gasteiger partial charge in [0.1, 0.15) is 6.10 Å². The third kappa shape index (κ3) is 3.26. The summed E-state index contributed by atoms with van der Waals surface area (Å²) in [5.41, 5.74) is 0.596. The van der Waals surface area contributed by atoms with Crippen molar-refractivity contribution in [2.75, 3.05) is 27.2 Å². The van der Waals surface area contributed by atoms with E-state index in [1.165, 1.54) is 0 Å². The summed E-state index contributed by atoms with van der Waals surface area (Å²) in [4.78, 5) is 14.0. The summed E-state index contributed by atoms with van der Waals surface area (Å²) in [5.74, 6) is 1.22. The summed E-state index contributed by atoms with van der Waals surface area (Å²) >= 11 is 0. The van der Waals surface area contributed by atoms with Crippen LogP contribution in [0.1, 0.15) is 30.1 Å². The average Bonchev–Trinajstić information content (AvgIpc) is 2.41. The second-order valence-corrected chi connectivity index (χ2v) is 5.01. The largest absolute Gasteiger partial charge is 0.493 e. The van der Waals surface area contributed by atoms with Gasteiger partial charge in [0, 0.05) is 13.1 Å². The first-order valence-electron chi connectivity index (χ1n) is 6.65. The molecule has 1 heterocycles. The van der Waals surface area contributed by atoms with Crippen LogP contribution in [0.5, 0.6) is 11.5 Å². The fraction of sp³-hybridized carbons (Fsp3) is 0.533. The normalized spacial score (nSPS) is 17.2. The lowest BCUT2D eigenvalue weighted by Crippen LogP contribution is -2.35. The van der Waals surface area contributed by atoms with Crippen LogP contribution in [-0.4, -0.2) is 44.0 Å². The van der Waals surface area contributed by atoms with Gasteiger partial charge < -0.3 is 14.4 Å². The Balaban J connectivity index is 2.20. The Bertz CT molecular complexity index is 451. The number of carbonyl (C=O) groups is 1. The number of ether oxygens (including phenoxy) is 2. The van der Waals surface area contributed by atoms with E-state index in [0.717, 1.165) is 25.9 Å². The molecular formula is C15H21NO3. The molecule has 0 N–H and O–H groups in total. The number of hydrogen-bond donors (Lipinski definition) is 0. The van der Waals surface area contributed by atoms with Gasteiger partial charge in [0.05, 0.1) is 12.7 Å². The molecule has 0 saturated carbocycles. The summed E-state index contributed by atoms with van der Waals surface area (Å²) in [6.07, 6.45) is 2.11. The van der Waals surface area contributed by atoms with Gasteiger partial charge in [-0.3, -0.25) is 4.79 Å². The smallest absolute Gasteiger partial charge is 0.172 e. The average molecular weight is 263 g/mol. The molecule has 4 nitrogen and oxygen atoms in total. The maximum atomic E-state index is 11.7. The van der Waals surface area contributed by atoms with Gasteiger partial charge in [0.25, 0.3) is 0 Å². The van der Waals surface area contributed by atoms with Gasteiger partial charge in [0.15, 0.2) is 17.3 Å². The zero-order valence-corrected chi connectivity index (χ0v) is 11.8. The molecule has 1 aliphatic heterocycles. The molecule has 0 amide bonds. The van der Waals surface area contributed by atoms with Crippen LogP contribution in [0, 0.1) is 0 Å². The summed E-state index contributed by atoms with van der Waals surface area (Å²) in [6, 6.07) is 5.43. The molecule has 1 aliphatic rings. The van der Waals surface area contributed by atoms with E-state index in [1.54, 1.807) is 20.1 Å². The predicted molar refractivity (Wildman–Crippen MR) is 74.1 cm³/mol. The maximum Gasteiger partial charge on any atom is 0.172 e. The molecule has 0 spiro atoms. The predicted octanol–water partition coefficient (Wildman–Crippen LogP) is 2.37. The maximum absolute atomic E-state index is 11.7. The van der Waals surface area contributed by atoms with Crippen LogP contribution in [0.25, 0.3) is 0 Å². The van der Waals surface area contributed by atoms with E-state index < -0.39 is 0 Å². The number of rotatable bonds is 4. The number of nitrogens with zero attached hydrogens (tertiary/aromatic N) is 1. The van der Waals surface area contributed by atoms with Crippen molar-refractivity contribution in [1.29, 1.82) is 0 Å². The van der Waals surface area contributed by atoms with E-state index in [1.807, 2.05) is 12.1 Å². The first kappa shape index (κ1) is 13.9. The van der Waals surface area contributed by atoms with Gasteiger partial charge in [0.2, 0.25) is 0 Å². The van der Waals surface area contributed by atoms with Crippen molar-refractivity contribution in [3.05, 3.63) is 23.8 Å². The first-order valence-corrected chi connectivity index (χ1v) is 6.65. The highest BCUT2D eigenvalue weighted by Gasteiger charge is 2.22. The summed E-state index contributed by atoms with van der Waals surface area (Å²) in [7, 11) is 3.71. The van der Waals surface area contributed by atoms with Crippen LogP contribution < -0.4 is 9.47 Å². The SMILES string of the molecule is COc1cccc(C(C)=O)c1OC1CCN(C)CC1. The zero-order valence-electron chi connectivity index (χ0n) is 11.8. The highest BCUT2D eigenvalue weighted by molar-refractivity contribution is 5.97. The van der Waals surface area contributed by atoms with Crippen molar-refractivity contribution in [3.63, 3.8) is 0 Å². The van der Waals surface area contributed by atoms with Crippen LogP contribution in [0.3, 0.4) is 0 Å². The van der Waals surface area contributed by atoms with Gasteiger partial charge in [-0.2, -0.15) is 0 Å². The molecule has 1 saturated heterocycles. The van der Waals surface area contributed by atoms with E-state index in [-0.39, 0.29) is 11.9 Å². The third-order valence-electron chi connectivity index (χ3n) is 3.53. The molecule has 4 heteroatoms. The second kappa shape index (κ2) is 6.06. The van der Waals surface area contributed by atoms with Crippen LogP contribution in [0.4, 0.5) is 0 Å². The molecule has 2 rings (SSSR count). The molecule has 0 atom stereocenters. The second-order valence-electron chi connectivity index (χ2n) is 5.01. The van der Waals surface area contributed by atoms with Crippen molar-refractivity contribution in [2.45, 2.75) is 25.9 Å². The molecule has 0 bridgehead atoms. The fourth-order valence-corrected chi connectivity index (χ4v) is 2.34. The van der Waals surface area contributed by atoms with Gasteiger partial charge in [-0.05, 0) is 38.9 Å². The van der Waals surface area contributed by atoms with Gasteiger partial charge in [-0.15, -0.1) is 0 Å². The Kier molecular flexibility index (Phi) is 4.43. The Morgan fingerprint density at radius 2 is 2.00 bits per heavy atom. The lowest BCUT2D eigenvalue weighted by atomic mass is 10.1. The number of para-hydroxylation sites is 1. The molecule has 104 valence electrons. The Labute approximate surface area is 114 Å². The highest BCUT2D eigenvalue weighted by Crippen LogP contribution is 2.33. The number of Topliss-reactive ketones (excluding diaryl/α,β-unsaturated/α-hetero) is 1. The standard InChI is InChI=1S/C15H21NO3/c1-11(17)13-5-4-6-14(18-3)15(13)19-12-7-9-16(2)10-8-12/h4-6,12H,7-10H2,1-3H3. The minimum Gasteiger partial charge on any atom is -0.493 e. The molecule has 0 unspecified atom stereocenters. The highest BCUT2D eigenvalue weighted by atomic mass is 16.5. The van der Waals surface area contributed by atoms with Gasteiger partial charge in [-0.1, -0.05) is 6.07 Å². The fourth-order valence-electron chi connectivity index (χ4n) is 2.34. The van der Waals surface area contributed by atoms with E-state index in [2.05, 4.69) is 11.9 Å². The summed E-state index contributed by atoms with van der Waals surface area (Å²) in [5, 5.41) is 0. The van der Waals surface area contributed by atoms with Crippen molar-refractivity contribution in [3.8, 4) is 11.5 Å². The minimum atomic E-state index is 0.00169. The topological polar surface area (TPSA) is 38.8 Å². The van der Waals surface area contributed by atoms with Crippen LogP contribution in [0.15, 0.2) is 18.2 Å². The number of piperidine rings is 1. The number of ketones is 1. The number of methoxy groups -OCH3 is 1. The van der Waals surface area contributed by atoms with E-state index in [9.17, 15) is 4.79 Å². The minimum absolute atomic E-state index is 0.00169. The lowest BCUT2D eigenvalue weighted by Gasteiger charge is -2.30. The number of hydrogen-bond acceptors (Lipinski definition) is 4. The van der Waals surface area contributed by atoms with Crippen molar-refractivity contribution >= 4 is 5.78 Å². The van der Waals surface area contributed by atoms with Crippen molar-refractivity contribution in [1.82, 2.24) is 4.90 Å². The number of benzene rings is 1. The summed E-state index contributed by atoms with van der Waals surface area (Å²) in [6.45, 7) is 3.60. The Hall–Kier alpha value is -1.55. The molecule has 0 aliphatic carbocycles. The first-order chi connectivity index (χ1) is 9.11. The molecule has 1 aromatic carbocycles. The van der Waals surface area contributed by atoms with Crippen LogP contribution in [0.2, 0.25) is 0 Å². The van der Waals surface area contributed by atoms with Gasteiger partial charge in [-0.25, -0.2) is 0 Å². The van der Waals surface area contributed by atoms with E-state index >= 15 is 0 Å². The lowest BCUT2D eigenvalue weighted by molar-refractivity contribution is 0.0972. The zero-order chi connectivity index (χ0) is 13.8. The Morgan fingerprint density at radius 3 is 2.58 bits per heavy atom. The monoisotopic (exact) mass is 263 g/mol. The molecule has 1 fully saturated rings.